The number of halogens is 1. The van der Waals surface area contributed by atoms with Crippen molar-refractivity contribution >= 4 is 81.6 Å². The fourth-order valence-electron chi connectivity index (χ4n) is 2.34. The van der Waals surface area contributed by atoms with Crippen molar-refractivity contribution in [3.63, 3.8) is 0 Å². The van der Waals surface area contributed by atoms with Crippen molar-refractivity contribution in [2.75, 3.05) is 0 Å². The Bertz CT molecular complexity index is 1120. The Balaban J connectivity index is 0.00000243. The standard InChI is InChI=1S/C17H13ClN2O4S.Ca/c1-10-14(18)8-12(25(22,23)24)9-15(10)19-20-17-13-5-3-2-4-11(13)6-7-16(17)21;/h2-9,21H,1H3,(H,22,23,24);/q;+2/p-1. The second kappa shape index (κ2) is 8.21. The topological polar surface area (TPSA) is 102 Å². The van der Waals surface area contributed by atoms with Gasteiger partial charge in [-0.05, 0) is 36.1 Å². The molecule has 0 heterocycles. The number of hydrogen-bond acceptors (Lipinski definition) is 6. The van der Waals surface area contributed by atoms with Crippen LogP contribution in [0.25, 0.3) is 10.8 Å². The van der Waals surface area contributed by atoms with E-state index < -0.39 is 15.0 Å². The monoisotopic (exact) mass is 415 g/mol. The Morgan fingerprint density at radius 2 is 1.77 bits per heavy atom. The average molecular weight is 416 g/mol. The minimum Gasteiger partial charge on any atom is -0.744 e. The molecule has 0 amide bonds. The molecule has 3 aromatic carbocycles. The molecule has 128 valence electrons. The number of aromatic hydroxyl groups is 1. The van der Waals surface area contributed by atoms with Crippen molar-refractivity contribution < 1.29 is 18.1 Å². The summed E-state index contributed by atoms with van der Waals surface area (Å²) in [6, 6.07) is 12.7. The summed E-state index contributed by atoms with van der Waals surface area (Å²) < 4.78 is 33.7. The summed E-state index contributed by atoms with van der Waals surface area (Å²) in [5.41, 5.74) is 0.843. The first-order chi connectivity index (χ1) is 11.8. The maximum absolute atomic E-state index is 11.2. The second-order valence-corrected chi connectivity index (χ2v) is 7.14. The van der Waals surface area contributed by atoms with Gasteiger partial charge < -0.3 is 9.66 Å². The molecule has 0 saturated carbocycles. The fraction of sp³-hybridized carbons (Fsp3) is 0.0588. The van der Waals surface area contributed by atoms with Crippen molar-refractivity contribution in [3.8, 4) is 5.75 Å². The van der Waals surface area contributed by atoms with E-state index in [1.54, 1.807) is 25.1 Å². The van der Waals surface area contributed by atoms with E-state index >= 15 is 0 Å². The van der Waals surface area contributed by atoms with Crippen LogP contribution in [0.2, 0.25) is 5.02 Å². The number of phenols is 1. The molecule has 0 fully saturated rings. The number of rotatable bonds is 3. The molecule has 0 aliphatic carbocycles. The van der Waals surface area contributed by atoms with Gasteiger partial charge >= 0.3 is 37.7 Å². The summed E-state index contributed by atoms with van der Waals surface area (Å²) in [6.45, 7) is 1.63. The summed E-state index contributed by atoms with van der Waals surface area (Å²) in [5, 5.41) is 19.8. The van der Waals surface area contributed by atoms with E-state index in [2.05, 4.69) is 10.2 Å². The summed E-state index contributed by atoms with van der Waals surface area (Å²) in [4.78, 5) is -0.487. The third-order valence-electron chi connectivity index (χ3n) is 3.72. The Hall–Kier alpha value is -1.22. The van der Waals surface area contributed by atoms with Gasteiger partial charge in [0.1, 0.15) is 21.6 Å². The molecule has 9 heteroatoms. The average Bonchev–Trinajstić information content (AvgIpc) is 2.56. The maximum Gasteiger partial charge on any atom is 2.00 e. The van der Waals surface area contributed by atoms with Gasteiger partial charge in [0, 0.05) is 10.4 Å². The van der Waals surface area contributed by atoms with Gasteiger partial charge in [0.25, 0.3) is 0 Å². The van der Waals surface area contributed by atoms with Crippen LogP contribution in [-0.4, -0.2) is 55.8 Å². The molecule has 0 aliphatic heterocycles. The SMILES string of the molecule is Cc1c(Cl)cc(S(=O)(=O)[O-])cc1N=Nc1c(O)ccc2ccccc12.[Ca+2]. The largest absolute Gasteiger partial charge is 2.00 e. The fourth-order valence-corrected chi connectivity index (χ4v) is 3.14. The third-order valence-corrected chi connectivity index (χ3v) is 4.92. The Labute approximate surface area is 185 Å². The maximum atomic E-state index is 11.2. The summed E-state index contributed by atoms with van der Waals surface area (Å²) in [7, 11) is -4.68. The minimum atomic E-state index is -4.68. The molecule has 0 aliphatic rings. The molecule has 0 unspecified atom stereocenters. The van der Waals surface area contributed by atoms with Crippen LogP contribution in [0, 0.1) is 6.92 Å². The number of hydrogen-bond donors (Lipinski definition) is 1. The zero-order chi connectivity index (χ0) is 18.2. The molecule has 26 heavy (non-hydrogen) atoms. The van der Waals surface area contributed by atoms with Crippen molar-refractivity contribution in [1.29, 1.82) is 0 Å². The van der Waals surface area contributed by atoms with Gasteiger partial charge in [0.05, 0.1) is 10.6 Å². The quantitative estimate of drug-likeness (QED) is 0.388. The number of benzene rings is 3. The molecule has 3 rings (SSSR count). The van der Waals surface area contributed by atoms with Crippen LogP contribution in [0.3, 0.4) is 0 Å². The van der Waals surface area contributed by atoms with E-state index in [1.165, 1.54) is 6.07 Å². The minimum absolute atomic E-state index is 0. The molecule has 0 saturated heterocycles. The third kappa shape index (κ3) is 4.36. The molecular formula is C17H12CaClN2O4S+. The van der Waals surface area contributed by atoms with Gasteiger partial charge in [-0.25, -0.2) is 8.42 Å². The molecule has 6 nitrogen and oxygen atoms in total. The van der Waals surface area contributed by atoms with Crippen molar-refractivity contribution in [3.05, 3.63) is 59.1 Å². The van der Waals surface area contributed by atoms with Crippen molar-refractivity contribution in [1.82, 2.24) is 0 Å². The van der Waals surface area contributed by atoms with E-state index in [0.717, 1.165) is 17.5 Å². The summed E-state index contributed by atoms with van der Waals surface area (Å²) >= 11 is 5.98. The zero-order valence-corrected chi connectivity index (χ0v) is 17.5. The molecule has 0 bridgehead atoms. The van der Waals surface area contributed by atoms with E-state index in [9.17, 15) is 18.1 Å². The Morgan fingerprint density at radius 3 is 2.46 bits per heavy atom. The van der Waals surface area contributed by atoms with Gasteiger partial charge in [-0.2, -0.15) is 5.11 Å². The van der Waals surface area contributed by atoms with Crippen LogP contribution in [0.15, 0.2) is 63.7 Å². The molecule has 0 spiro atoms. The van der Waals surface area contributed by atoms with Crippen LogP contribution >= 0.6 is 11.6 Å². The molecule has 0 aromatic heterocycles. The smallest absolute Gasteiger partial charge is 0.744 e. The molecule has 0 atom stereocenters. The second-order valence-electron chi connectivity index (χ2n) is 5.36. The van der Waals surface area contributed by atoms with Crippen LogP contribution in [0.4, 0.5) is 11.4 Å². The van der Waals surface area contributed by atoms with Crippen LogP contribution in [0.1, 0.15) is 5.56 Å². The van der Waals surface area contributed by atoms with Crippen LogP contribution in [-0.2, 0) is 10.1 Å². The zero-order valence-electron chi connectivity index (χ0n) is 13.7. The normalized spacial score (nSPS) is 11.7. The van der Waals surface area contributed by atoms with Gasteiger partial charge in [-0.3, -0.25) is 0 Å². The van der Waals surface area contributed by atoms with Crippen LogP contribution < -0.4 is 0 Å². The predicted molar refractivity (Wildman–Crippen MR) is 99.7 cm³/mol. The van der Waals surface area contributed by atoms with Gasteiger partial charge in [0.15, 0.2) is 0 Å². The van der Waals surface area contributed by atoms with Crippen molar-refractivity contribution in [2.24, 2.45) is 10.2 Å². The first-order valence-corrected chi connectivity index (χ1v) is 8.94. The predicted octanol–water partition coefficient (Wildman–Crippen LogP) is 4.45. The summed E-state index contributed by atoms with van der Waals surface area (Å²) in [5.74, 6) is -0.0706. The Morgan fingerprint density at radius 1 is 1.08 bits per heavy atom. The number of phenolic OH excluding ortho intramolecular Hbond substituents is 1. The van der Waals surface area contributed by atoms with Gasteiger partial charge in [0.2, 0.25) is 0 Å². The Kier molecular flexibility index (Phi) is 6.65. The molecule has 3 aromatic rings. The van der Waals surface area contributed by atoms with Crippen LogP contribution in [0.5, 0.6) is 5.75 Å². The van der Waals surface area contributed by atoms with E-state index in [-0.39, 0.29) is 59.9 Å². The number of nitrogens with zero attached hydrogens (tertiary/aromatic N) is 2. The number of azo groups is 1. The van der Waals surface area contributed by atoms with E-state index in [0.29, 0.717) is 10.9 Å². The molecular weight excluding hydrogens is 404 g/mol. The van der Waals surface area contributed by atoms with Crippen molar-refractivity contribution in [2.45, 2.75) is 11.8 Å². The molecule has 1 N–H and O–H groups in total. The first-order valence-electron chi connectivity index (χ1n) is 7.16. The van der Waals surface area contributed by atoms with E-state index in [4.69, 9.17) is 11.6 Å². The van der Waals surface area contributed by atoms with Gasteiger partial charge in [-0.1, -0.05) is 41.9 Å². The van der Waals surface area contributed by atoms with Gasteiger partial charge in [-0.15, -0.1) is 5.11 Å². The molecule has 0 radical (unpaired) electrons. The number of fused-ring (bicyclic) bond motifs is 1. The first kappa shape index (κ1) is 21.1. The summed E-state index contributed by atoms with van der Waals surface area (Å²) in [6.07, 6.45) is 0. The van der Waals surface area contributed by atoms with E-state index in [1.807, 2.05) is 12.1 Å².